The van der Waals surface area contributed by atoms with Gasteiger partial charge in [-0.15, -0.1) is 0 Å². The normalized spacial score (nSPS) is 12.0. The highest BCUT2D eigenvalue weighted by atomic mass is 16.6. The van der Waals surface area contributed by atoms with Crippen LogP contribution in [0.15, 0.2) is 108 Å². The molecule has 1 aromatic heterocycles. The number of amidine groups is 1. The maximum absolute atomic E-state index is 13.6. The van der Waals surface area contributed by atoms with E-state index in [1.54, 1.807) is 77.9 Å². The number of amides is 2. The van der Waals surface area contributed by atoms with Crippen molar-refractivity contribution < 1.29 is 28.6 Å². The number of nitrogens with one attached hydrogen (secondary N) is 1. The van der Waals surface area contributed by atoms with Gasteiger partial charge in [-0.05, 0) is 88.6 Å². The van der Waals surface area contributed by atoms with Crippen molar-refractivity contribution in [3.05, 3.63) is 126 Å². The molecule has 264 valence electrons. The summed E-state index contributed by atoms with van der Waals surface area (Å²) in [6.45, 7) is 11.2. The molecule has 0 radical (unpaired) electrons. The van der Waals surface area contributed by atoms with Crippen molar-refractivity contribution in [3.63, 3.8) is 0 Å². The van der Waals surface area contributed by atoms with Crippen LogP contribution in [0.5, 0.6) is 5.75 Å². The Morgan fingerprint density at radius 3 is 1.96 bits per heavy atom. The van der Waals surface area contributed by atoms with Gasteiger partial charge in [-0.25, -0.2) is 14.2 Å². The van der Waals surface area contributed by atoms with Gasteiger partial charge >= 0.3 is 12.2 Å². The summed E-state index contributed by atoms with van der Waals surface area (Å²) in [4.78, 5) is 43.5. The van der Waals surface area contributed by atoms with E-state index in [2.05, 4.69) is 10.3 Å². The molecule has 51 heavy (non-hydrogen) atoms. The number of para-hydroxylation sites is 1. The van der Waals surface area contributed by atoms with Gasteiger partial charge in [0.05, 0.1) is 5.52 Å². The molecule has 5 aromatic rings. The van der Waals surface area contributed by atoms with Gasteiger partial charge in [0.2, 0.25) is 0 Å². The number of aromatic nitrogens is 1. The molecule has 0 fully saturated rings. The van der Waals surface area contributed by atoms with Crippen molar-refractivity contribution in [2.75, 3.05) is 6.54 Å². The molecule has 1 heterocycles. The van der Waals surface area contributed by atoms with E-state index in [0.717, 1.165) is 22.4 Å². The van der Waals surface area contributed by atoms with Crippen LogP contribution in [-0.4, -0.2) is 46.2 Å². The topological polar surface area (TPSA) is 134 Å². The molecule has 0 saturated carbocycles. The van der Waals surface area contributed by atoms with E-state index in [4.69, 9.17) is 19.9 Å². The van der Waals surface area contributed by atoms with Gasteiger partial charge in [-0.3, -0.25) is 4.79 Å². The Hall–Kier alpha value is -5.90. The average Bonchev–Trinajstić information content (AvgIpc) is 3.41. The summed E-state index contributed by atoms with van der Waals surface area (Å²) in [5, 5.41) is 3.54. The molecule has 3 N–H and O–H groups in total. The van der Waals surface area contributed by atoms with Crippen molar-refractivity contribution in [2.24, 2.45) is 10.7 Å². The molecule has 4 aromatic carbocycles. The second-order valence-corrected chi connectivity index (χ2v) is 14.0. The summed E-state index contributed by atoms with van der Waals surface area (Å²) in [6, 6.07) is 32.2. The number of nitrogens with two attached hydrogens (primary N) is 1. The SMILES string of the molecule is CC(C)(C)OC(=O)N=C(N)c1c(CCNC(=O)c2ccc(-c3ccc(OCc4ccccc4)cc3)cc2)n(C(=O)OC(C)(C)C)c2ccccc12. The fourth-order valence-corrected chi connectivity index (χ4v) is 5.47. The summed E-state index contributed by atoms with van der Waals surface area (Å²) in [6.07, 6.45) is -1.30. The number of rotatable bonds is 9. The largest absolute Gasteiger partial charge is 0.489 e. The highest BCUT2D eigenvalue weighted by Crippen LogP contribution is 2.29. The lowest BCUT2D eigenvalue weighted by Crippen LogP contribution is -2.31. The molecule has 10 nitrogen and oxygen atoms in total. The lowest BCUT2D eigenvalue weighted by molar-refractivity contribution is 0.0538. The molecule has 0 aliphatic heterocycles. The molecular formula is C41H44N4O6. The van der Waals surface area contributed by atoms with E-state index in [9.17, 15) is 14.4 Å². The number of benzene rings is 4. The summed E-state index contributed by atoms with van der Waals surface area (Å²) in [5.74, 6) is 0.365. The van der Waals surface area contributed by atoms with E-state index in [-0.39, 0.29) is 24.7 Å². The number of nitrogens with zero attached hydrogens (tertiary/aromatic N) is 2. The Balaban J connectivity index is 1.32. The minimum Gasteiger partial charge on any atom is -0.489 e. The quantitative estimate of drug-likeness (QED) is 0.118. The average molecular weight is 689 g/mol. The molecule has 0 atom stereocenters. The number of fused-ring (bicyclic) bond motifs is 1. The van der Waals surface area contributed by atoms with Crippen LogP contribution >= 0.6 is 0 Å². The van der Waals surface area contributed by atoms with Gasteiger partial charge in [0.1, 0.15) is 29.4 Å². The highest BCUT2D eigenvalue weighted by molar-refractivity contribution is 6.14. The van der Waals surface area contributed by atoms with Crippen molar-refractivity contribution in [1.29, 1.82) is 0 Å². The van der Waals surface area contributed by atoms with Gasteiger partial charge in [0.25, 0.3) is 5.91 Å². The zero-order valence-corrected chi connectivity index (χ0v) is 29.9. The standard InChI is InChI=1S/C41H44N4O6/c1-40(2,3)50-38(47)44-36(42)35-32-14-10-11-15-33(32)45(39(48)51-41(4,5)6)34(35)24-25-43-37(46)30-18-16-28(17-19-30)29-20-22-31(23-21-29)49-26-27-12-8-7-9-13-27/h7-23H,24-26H2,1-6H3,(H,43,46)(H2,42,44,47). The fourth-order valence-electron chi connectivity index (χ4n) is 5.47. The van der Waals surface area contributed by atoms with E-state index < -0.39 is 23.4 Å². The fraction of sp³-hybridized carbons (Fsp3) is 0.268. The first-order valence-corrected chi connectivity index (χ1v) is 16.8. The maximum atomic E-state index is 13.6. The van der Waals surface area contributed by atoms with Crippen LogP contribution < -0.4 is 15.8 Å². The first-order valence-electron chi connectivity index (χ1n) is 16.8. The molecule has 0 aliphatic rings. The number of carbonyl (C=O) groups excluding carboxylic acids is 3. The predicted octanol–water partition coefficient (Wildman–Crippen LogP) is 8.28. The molecule has 0 spiro atoms. The van der Waals surface area contributed by atoms with Gasteiger partial charge in [-0.2, -0.15) is 4.99 Å². The van der Waals surface area contributed by atoms with Crippen LogP contribution in [0.1, 0.15) is 68.7 Å². The molecular weight excluding hydrogens is 644 g/mol. The molecule has 5 rings (SSSR count). The monoisotopic (exact) mass is 688 g/mol. The summed E-state index contributed by atoms with van der Waals surface area (Å²) < 4.78 is 18.4. The van der Waals surface area contributed by atoms with Crippen molar-refractivity contribution in [2.45, 2.75) is 65.8 Å². The van der Waals surface area contributed by atoms with Crippen LogP contribution in [0, 0.1) is 0 Å². The van der Waals surface area contributed by atoms with Crippen molar-refractivity contribution in [3.8, 4) is 16.9 Å². The van der Waals surface area contributed by atoms with Crippen LogP contribution in [0.4, 0.5) is 9.59 Å². The minimum atomic E-state index is -0.857. The van der Waals surface area contributed by atoms with E-state index in [1.807, 2.05) is 66.7 Å². The van der Waals surface area contributed by atoms with Gasteiger partial charge in [0, 0.05) is 35.2 Å². The Morgan fingerprint density at radius 2 is 1.33 bits per heavy atom. The van der Waals surface area contributed by atoms with Gasteiger partial charge in [0.15, 0.2) is 0 Å². The second kappa shape index (κ2) is 15.3. The minimum absolute atomic E-state index is 0.115. The second-order valence-electron chi connectivity index (χ2n) is 14.0. The van der Waals surface area contributed by atoms with Crippen LogP contribution in [-0.2, 0) is 22.5 Å². The van der Waals surface area contributed by atoms with E-state index >= 15 is 0 Å². The zero-order chi connectivity index (χ0) is 36.8. The molecule has 10 heteroatoms. The zero-order valence-electron chi connectivity index (χ0n) is 29.9. The smallest absolute Gasteiger partial charge is 0.436 e. The predicted molar refractivity (Wildman–Crippen MR) is 199 cm³/mol. The number of hydrogen-bond acceptors (Lipinski definition) is 6. The molecule has 0 aliphatic carbocycles. The molecule has 0 saturated heterocycles. The third kappa shape index (κ3) is 9.63. The van der Waals surface area contributed by atoms with Gasteiger partial charge < -0.3 is 25.3 Å². The Kier molecular flexibility index (Phi) is 10.9. The summed E-state index contributed by atoms with van der Waals surface area (Å²) in [5.41, 5.74) is 9.73. The van der Waals surface area contributed by atoms with Crippen molar-refractivity contribution >= 4 is 34.8 Å². The third-order valence-electron chi connectivity index (χ3n) is 7.64. The van der Waals surface area contributed by atoms with Crippen molar-refractivity contribution in [1.82, 2.24) is 9.88 Å². The molecule has 0 unspecified atom stereocenters. The molecule has 2 amide bonds. The lowest BCUT2D eigenvalue weighted by Gasteiger charge is -2.21. The number of hydrogen-bond donors (Lipinski definition) is 2. The molecule has 0 bridgehead atoms. The van der Waals surface area contributed by atoms with Gasteiger partial charge in [-0.1, -0.05) is 72.8 Å². The highest BCUT2D eigenvalue weighted by Gasteiger charge is 2.28. The number of aliphatic imine (C=N–C) groups is 1. The lowest BCUT2D eigenvalue weighted by atomic mass is 10.0. The number of carbonyl (C=O) groups is 3. The van der Waals surface area contributed by atoms with E-state index in [1.165, 1.54) is 4.57 Å². The first kappa shape index (κ1) is 36.4. The maximum Gasteiger partial charge on any atom is 0.436 e. The number of ether oxygens (including phenoxy) is 3. The van der Waals surface area contributed by atoms with Crippen LogP contribution in [0.2, 0.25) is 0 Å². The van der Waals surface area contributed by atoms with Crippen LogP contribution in [0.25, 0.3) is 22.0 Å². The third-order valence-corrected chi connectivity index (χ3v) is 7.64. The first-order chi connectivity index (χ1) is 24.2. The Morgan fingerprint density at radius 1 is 0.745 bits per heavy atom. The van der Waals surface area contributed by atoms with E-state index in [0.29, 0.717) is 34.3 Å². The summed E-state index contributed by atoms with van der Waals surface area (Å²) in [7, 11) is 0. The Bertz CT molecular complexity index is 2040. The summed E-state index contributed by atoms with van der Waals surface area (Å²) >= 11 is 0. The Labute approximate surface area is 298 Å². The van der Waals surface area contributed by atoms with Crippen LogP contribution in [0.3, 0.4) is 0 Å².